The Morgan fingerprint density at radius 1 is 0.889 bits per heavy atom. The van der Waals surface area contributed by atoms with Gasteiger partial charge in [0.15, 0.2) is 11.5 Å². The summed E-state index contributed by atoms with van der Waals surface area (Å²) in [4.78, 5) is 2.59. The molecule has 0 unspecified atom stereocenters. The second kappa shape index (κ2) is 7.50. The zero-order valence-electron chi connectivity index (χ0n) is 15.4. The van der Waals surface area contributed by atoms with Gasteiger partial charge in [-0.2, -0.15) is 4.31 Å². The quantitative estimate of drug-likeness (QED) is 0.806. The van der Waals surface area contributed by atoms with Gasteiger partial charge in [-0.3, -0.25) is 4.90 Å². The first kappa shape index (κ1) is 18.3. The first-order valence-electron chi connectivity index (χ1n) is 9.24. The summed E-state index contributed by atoms with van der Waals surface area (Å²) in [6.07, 6.45) is 0. The van der Waals surface area contributed by atoms with Gasteiger partial charge >= 0.3 is 0 Å². The molecule has 2 aliphatic rings. The second-order valence-electron chi connectivity index (χ2n) is 6.83. The van der Waals surface area contributed by atoms with Crippen molar-refractivity contribution in [1.82, 2.24) is 9.21 Å². The smallest absolute Gasteiger partial charge is 0.243 e. The molecule has 2 heterocycles. The maximum atomic E-state index is 13.0. The van der Waals surface area contributed by atoms with E-state index in [1.807, 2.05) is 18.2 Å². The first-order chi connectivity index (χ1) is 13.1. The summed E-state index contributed by atoms with van der Waals surface area (Å²) in [5.74, 6) is 1.10. The molecular formula is C20H24N2O4S. The summed E-state index contributed by atoms with van der Waals surface area (Å²) in [6.45, 7) is 5.47. The lowest BCUT2D eigenvalue weighted by Gasteiger charge is -2.37. The molecule has 2 aromatic rings. The molecule has 0 N–H and O–H groups in total. The van der Waals surface area contributed by atoms with Gasteiger partial charge in [0.25, 0.3) is 0 Å². The number of piperazine rings is 1. The highest BCUT2D eigenvalue weighted by Gasteiger charge is 2.31. The zero-order chi connectivity index (χ0) is 18.9. The number of rotatable bonds is 4. The van der Waals surface area contributed by atoms with Crippen molar-refractivity contribution in [2.24, 2.45) is 0 Å². The highest BCUT2D eigenvalue weighted by molar-refractivity contribution is 7.89. The summed E-state index contributed by atoms with van der Waals surface area (Å²) >= 11 is 0. The normalized spacial score (nSPS) is 19.6. The fourth-order valence-electron chi connectivity index (χ4n) is 3.61. The second-order valence-corrected chi connectivity index (χ2v) is 8.77. The highest BCUT2D eigenvalue weighted by atomic mass is 32.2. The molecule has 0 bridgehead atoms. The highest BCUT2D eigenvalue weighted by Crippen LogP contribution is 2.33. The fraction of sp³-hybridized carbons (Fsp3) is 0.400. The standard InChI is InChI=1S/C20H24N2O4S/c1-16(17-5-3-2-4-6-17)21-9-11-22(12-10-21)27(23,24)18-7-8-19-20(15-18)26-14-13-25-19/h2-8,15-16H,9-14H2,1H3/t16-/m1/s1. The summed E-state index contributed by atoms with van der Waals surface area (Å²) in [5.41, 5.74) is 1.25. The number of benzene rings is 2. The molecule has 7 heteroatoms. The maximum Gasteiger partial charge on any atom is 0.243 e. The van der Waals surface area contributed by atoms with Crippen molar-refractivity contribution < 1.29 is 17.9 Å². The Kier molecular flexibility index (Phi) is 5.08. The zero-order valence-corrected chi connectivity index (χ0v) is 16.2. The van der Waals surface area contributed by atoms with Crippen LogP contribution in [0.4, 0.5) is 0 Å². The topological polar surface area (TPSA) is 59.1 Å². The van der Waals surface area contributed by atoms with Gasteiger partial charge in [-0.1, -0.05) is 30.3 Å². The van der Waals surface area contributed by atoms with Gasteiger partial charge in [0.2, 0.25) is 10.0 Å². The lowest BCUT2D eigenvalue weighted by atomic mass is 10.1. The van der Waals surface area contributed by atoms with Crippen molar-refractivity contribution in [2.75, 3.05) is 39.4 Å². The third-order valence-corrected chi connectivity index (χ3v) is 7.15. The third kappa shape index (κ3) is 3.67. The van der Waals surface area contributed by atoms with Crippen molar-refractivity contribution in [3.05, 3.63) is 54.1 Å². The van der Waals surface area contributed by atoms with Crippen LogP contribution < -0.4 is 9.47 Å². The van der Waals surface area contributed by atoms with Gasteiger partial charge < -0.3 is 9.47 Å². The Balaban J connectivity index is 1.46. The SMILES string of the molecule is C[C@H](c1ccccc1)N1CCN(S(=O)(=O)c2ccc3c(c2)OCCO3)CC1. The molecule has 1 fully saturated rings. The van der Waals surface area contributed by atoms with E-state index in [1.165, 1.54) is 5.56 Å². The molecule has 0 radical (unpaired) electrons. The number of ether oxygens (including phenoxy) is 2. The molecular weight excluding hydrogens is 364 g/mol. The Morgan fingerprint density at radius 3 is 2.26 bits per heavy atom. The number of nitrogens with zero attached hydrogens (tertiary/aromatic N) is 2. The average molecular weight is 388 g/mol. The average Bonchev–Trinajstić information content (AvgIpc) is 2.73. The molecule has 6 nitrogen and oxygen atoms in total. The largest absolute Gasteiger partial charge is 0.486 e. The molecule has 1 saturated heterocycles. The van der Waals surface area contributed by atoms with Gasteiger partial charge in [-0.05, 0) is 24.6 Å². The monoisotopic (exact) mass is 388 g/mol. The lowest BCUT2D eigenvalue weighted by molar-refractivity contribution is 0.145. The maximum absolute atomic E-state index is 13.0. The number of sulfonamides is 1. The molecule has 2 aromatic carbocycles. The van der Waals surface area contributed by atoms with Crippen LogP contribution in [-0.2, 0) is 10.0 Å². The van der Waals surface area contributed by atoms with Crippen molar-refractivity contribution in [2.45, 2.75) is 17.9 Å². The molecule has 144 valence electrons. The Hall–Kier alpha value is -2.09. The minimum absolute atomic E-state index is 0.260. The molecule has 0 aromatic heterocycles. The van der Waals surface area contributed by atoms with Crippen molar-refractivity contribution in [3.63, 3.8) is 0 Å². The van der Waals surface area contributed by atoms with Gasteiger partial charge in [0, 0.05) is 38.3 Å². The van der Waals surface area contributed by atoms with Crippen LogP contribution >= 0.6 is 0 Å². The van der Waals surface area contributed by atoms with Gasteiger partial charge in [0.05, 0.1) is 4.90 Å². The first-order valence-corrected chi connectivity index (χ1v) is 10.7. The molecule has 1 atom stereocenters. The molecule has 0 aliphatic carbocycles. The van der Waals surface area contributed by atoms with Crippen molar-refractivity contribution in [3.8, 4) is 11.5 Å². The number of hydrogen-bond donors (Lipinski definition) is 0. The third-order valence-electron chi connectivity index (χ3n) is 5.25. The fourth-order valence-corrected chi connectivity index (χ4v) is 5.04. The van der Waals surface area contributed by atoms with Crippen molar-refractivity contribution >= 4 is 10.0 Å². The van der Waals surface area contributed by atoms with Crippen LogP contribution in [0, 0.1) is 0 Å². The molecule has 4 rings (SSSR count). The van der Waals surface area contributed by atoms with E-state index in [1.54, 1.807) is 22.5 Å². The Labute approximate surface area is 160 Å². The minimum Gasteiger partial charge on any atom is -0.486 e. The van der Waals surface area contributed by atoms with Gasteiger partial charge in [-0.15, -0.1) is 0 Å². The van der Waals surface area contributed by atoms with Crippen molar-refractivity contribution in [1.29, 1.82) is 0 Å². The molecule has 0 saturated carbocycles. The van der Waals surface area contributed by atoms with E-state index in [2.05, 4.69) is 24.0 Å². The van der Waals surface area contributed by atoms with E-state index in [0.29, 0.717) is 50.9 Å². The van der Waals surface area contributed by atoms with Crippen LogP contribution in [0.5, 0.6) is 11.5 Å². The summed E-state index contributed by atoms with van der Waals surface area (Å²) in [6, 6.07) is 15.4. The minimum atomic E-state index is -3.54. The predicted octanol–water partition coefficient (Wildman–Crippen LogP) is 2.53. The van der Waals surface area contributed by atoms with Gasteiger partial charge in [0.1, 0.15) is 13.2 Å². The molecule has 2 aliphatic heterocycles. The number of hydrogen-bond acceptors (Lipinski definition) is 5. The van der Waals surface area contributed by atoms with E-state index in [-0.39, 0.29) is 10.9 Å². The van der Waals surface area contributed by atoms with Crippen LogP contribution in [0.3, 0.4) is 0 Å². The van der Waals surface area contributed by atoms with E-state index in [4.69, 9.17) is 9.47 Å². The molecule has 0 amide bonds. The van der Waals surface area contributed by atoms with E-state index < -0.39 is 10.0 Å². The van der Waals surface area contributed by atoms with Crippen LogP contribution in [-0.4, -0.2) is 57.0 Å². The predicted molar refractivity (Wildman–Crippen MR) is 103 cm³/mol. The van der Waals surface area contributed by atoms with E-state index in [9.17, 15) is 8.42 Å². The lowest BCUT2D eigenvalue weighted by Crippen LogP contribution is -2.49. The molecule has 0 spiro atoms. The van der Waals surface area contributed by atoms with Crippen LogP contribution in [0.15, 0.2) is 53.4 Å². The van der Waals surface area contributed by atoms with Crippen LogP contribution in [0.25, 0.3) is 0 Å². The molecule has 27 heavy (non-hydrogen) atoms. The van der Waals surface area contributed by atoms with Crippen LogP contribution in [0.1, 0.15) is 18.5 Å². The van der Waals surface area contributed by atoms with E-state index in [0.717, 1.165) is 0 Å². The summed E-state index contributed by atoms with van der Waals surface area (Å²) in [7, 11) is -3.54. The van der Waals surface area contributed by atoms with E-state index >= 15 is 0 Å². The van der Waals surface area contributed by atoms with Crippen LogP contribution in [0.2, 0.25) is 0 Å². The Morgan fingerprint density at radius 2 is 1.56 bits per heavy atom. The summed E-state index contributed by atoms with van der Waals surface area (Å²) < 4.78 is 38.6. The summed E-state index contributed by atoms with van der Waals surface area (Å²) in [5, 5.41) is 0. The number of fused-ring (bicyclic) bond motifs is 1. The van der Waals surface area contributed by atoms with Gasteiger partial charge in [-0.25, -0.2) is 8.42 Å². The Bertz CT molecular complexity index is 893.